The number of benzene rings is 1. The van der Waals surface area contributed by atoms with Gasteiger partial charge in [-0.3, -0.25) is 9.59 Å². The monoisotopic (exact) mass is 456 g/mol. The highest BCUT2D eigenvalue weighted by Gasteiger charge is 2.59. The normalized spacial score (nSPS) is 22.2. The number of carbonyl (C=O) groups excluding carboxylic acids is 2. The molecule has 0 bridgehead atoms. The molecule has 3 fully saturated rings. The maximum Gasteiger partial charge on any atom is 0.256 e. The van der Waals surface area contributed by atoms with E-state index in [2.05, 4.69) is 9.88 Å². The molecule has 2 aliphatic heterocycles. The molecule has 1 aliphatic carbocycles. The molecule has 2 saturated heterocycles. The summed E-state index contributed by atoms with van der Waals surface area (Å²) in [6.07, 6.45) is 4.25. The number of hydrogen-bond acceptors (Lipinski definition) is 4. The third-order valence-electron chi connectivity index (χ3n) is 7.28. The van der Waals surface area contributed by atoms with Gasteiger partial charge in [0.15, 0.2) is 5.82 Å². The molecule has 1 aromatic heterocycles. The van der Waals surface area contributed by atoms with E-state index in [9.17, 15) is 14.0 Å². The Morgan fingerprint density at radius 1 is 0.969 bits per heavy atom. The van der Waals surface area contributed by atoms with Gasteiger partial charge in [-0.05, 0) is 48.9 Å². The molecule has 8 heteroatoms. The molecule has 2 amide bonds. The number of pyridine rings is 1. The lowest BCUT2D eigenvalue weighted by Crippen LogP contribution is -2.50. The van der Waals surface area contributed by atoms with E-state index in [-0.39, 0.29) is 33.7 Å². The highest BCUT2D eigenvalue weighted by atomic mass is 35.5. The zero-order valence-corrected chi connectivity index (χ0v) is 18.6. The van der Waals surface area contributed by atoms with Crippen molar-refractivity contribution in [2.75, 3.05) is 44.2 Å². The van der Waals surface area contributed by atoms with Crippen LogP contribution in [0.4, 0.5) is 10.2 Å². The van der Waals surface area contributed by atoms with E-state index < -0.39 is 5.82 Å². The third kappa shape index (κ3) is 3.83. The van der Waals surface area contributed by atoms with Crippen molar-refractivity contribution in [1.29, 1.82) is 0 Å². The zero-order chi connectivity index (χ0) is 22.3. The predicted octanol–water partition coefficient (Wildman–Crippen LogP) is 3.47. The second kappa shape index (κ2) is 8.35. The lowest BCUT2D eigenvalue weighted by molar-refractivity contribution is -0.134. The van der Waals surface area contributed by atoms with Crippen LogP contribution >= 0.6 is 11.6 Å². The summed E-state index contributed by atoms with van der Waals surface area (Å²) in [6.45, 7) is 4.08. The number of anilines is 1. The fourth-order valence-electron chi connectivity index (χ4n) is 5.16. The summed E-state index contributed by atoms with van der Waals surface area (Å²) in [6, 6.07) is 10.4. The Hall–Kier alpha value is -2.67. The number of amides is 2. The van der Waals surface area contributed by atoms with Crippen molar-refractivity contribution in [3.63, 3.8) is 0 Å². The summed E-state index contributed by atoms with van der Waals surface area (Å²) in [5.41, 5.74) is 0.0152. The molecule has 1 atom stereocenters. The number of aromatic nitrogens is 1. The van der Waals surface area contributed by atoms with E-state index in [4.69, 9.17) is 11.6 Å². The van der Waals surface area contributed by atoms with E-state index in [1.807, 2.05) is 23.1 Å². The molecule has 0 N–H and O–H groups in total. The van der Waals surface area contributed by atoms with Gasteiger partial charge < -0.3 is 14.7 Å². The van der Waals surface area contributed by atoms with Crippen LogP contribution < -0.4 is 4.90 Å². The second-order valence-corrected chi connectivity index (χ2v) is 9.42. The van der Waals surface area contributed by atoms with Crippen LogP contribution in [0.2, 0.25) is 5.02 Å². The van der Waals surface area contributed by atoms with Crippen LogP contribution in [0.5, 0.6) is 0 Å². The van der Waals surface area contributed by atoms with Crippen LogP contribution in [-0.4, -0.2) is 65.9 Å². The van der Waals surface area contributed by atoms with Gasteiger partial charge in [0, 0.05) is 51.4 Å². The fourth-order valence-corrected chi connectivity index (χ4v) is 5.34. The van der Waals surface area contributed by atoms with Crippen LogP contribution in [0.1, 0.15) is 29.6 Å². The van der Waals surface area contributed by atoms with E-state index in [0.717, 1.165) is 38.2 Å². The van der Waals surface area contributed by atoms with Crippen molar-refractivity contribution >= 4 is 29.2 Å². The second-order valence-electron chi connectivity index (χ2n) is 9.01. The van der Waals surface area contributed by atoms with Crippen LogP contribution in [0.25, 0.3) is 0 Å². The molecular weight excluding hydrogens is 431 g/mol. The molecule has 1 aromatic carbocycles. The summed E-state index contributed by atoms with van der Waals surface area (Å²) in [4.78, 5) is 36.2. The first-order chi connectivity index (χ1) is 15.5. The van der Waals surface area contributed by atoms with Gasteiger partial charge in [0.25, 0.3) is 5.91 Å². The Bertz CT molecular complexity index is 1020. The van der Waals surface area contributed by atoms with Crippen molar-refractivity contribution in [2.45, 2.75) is 19.3 Å². The van der Waals surface area contributed by atoms with Crippen LogP contribution in [0, 0.1) is 17.2 Å². The Kier molecular flexibility index (Phi) is 5.53. The molecule has 3 aliphatic rings. The lowest BCUT2D eigenvalue weighted by atomic mass is 9.90. The first-order valence-corrected chi connectivity index (χ1v) is 11.5. The van der Waals surface area contributed by atoms with E-state index in [1.54, 1.807) is 17.2 Å². The largest absolute Gasteiger partial charge is 0.353 e. The summed E-state index contributed by atoms with van der Waals surface area (Å²) in [5, 5.41) is -0.0414. The van der Waals surface area contributed by atoms with Gasteiger partial charge in [-0.2, -0.15) is 0 Å². The molecule has 6 nitrogen and oxygen atoms in total. The quantitative estimate of drug-likeness (QED) is 0.709. The predicted molar refractivity (Wildman–Crippen MR) is 120 cm³/mol. The van der Waals surface area contributed by atoms with Gasteiger partial charge in [0.1, 0.15) is 5.82 Å². The van der Waals surface area contributed by atoms with Crippen molar-refractivity contribution < 1.29 is 14.0 Å². The number of halogens is 2. The summed E-state index contributed by atoms with van der Waals surface area (Å²) >= 11 is 5.83. The van der Waals surface area contributed by atoms with Crippen molar-refractivity contribution in [3.05, 3.63) is 59.0 Å². The number of likely N-dealkylation sites (tertiary alicyclic amines) is 1. The van der Waals surface area contributed by atoms with Gasteiger partial charge in [-0.1, -0.05) is 23.7 Å². The average molecular weight is 457 g/mol. The SMILES string of the molecule is O=C(c1cccc(Cl)c1F)N1CCC2(CC1)C[C@H]2C(=O)N1CCN(c2ccccn2)CC1. The maximum atomic E-state index is 14.2. The molecule has 1 saturated carbocycles. The molecule has 0 radical (unpaired) electrons. The first-order valence-electron chi connectivity index (χ1n) is 11.2. The topological polar surface area (TPSA) is 56.8 Å². The van der Waals surface area contributed by atoms with E-state index in [0.29, 0.717) is 26.2 Å². The molecule has 1 spiro atoms. The highest BCUT2D eigenvalue weighted by molar-refractivity contribution is 6.31. The summed E-state index contributed by atoms with van der Waals surface area (Å²) < 4.78 is 14.2. The molecule has 32 heavy (non-hydrogen) atoms. The number of nitrogens with zero attached hydrogens (tertiary/aromatic N) is 4. The van der Waals surface area contributed by atoms with Crippen molar-refractivity contribution in [3.8, 4) is 0 Å². The third-order valence-corrected chi connectivity index (χ3v) is 7.57. The molecule has 0 unspecified atom stereocenters. The fraction of sp³-hybridized carbons (Fsp3) is 0.458. The van der Waals surface area contributed by atoms with Crippen LogP contribution in [0.3, 0.4) is 0 Å². The smallest absolute Gasteiger partial charge is 0.256 e. The highest BCUT2D eigenvalue weighted by Crippen LogP contribution is 2.60. The number of piperidine rings is 1. The molecule has 5 rings (SSSR count). The number of hydrogen-bond donors (Lipinski definition) is 0. The standard InChI is InChI=1S/C24H26ClFN4O2/c25-19-5-3-4-17(21(19)26)22(31)29-10-7-24(8-11-29)16-18(24)23(32)30-14-12-28(13-15-30)20-6-1-2-9-27-20/h1-6,9,18H,7-8,10-16H2/t18-/m0/s1. The number of carbonyl (C=O) groups is 2. The van der Waals surface area contributed by atoms with Gasteiger partial charge >= 0.3 is 0 Å². The molecule has 3 heterocycles. The summed E-state index contributed by atoms with van der Waals surface area (Å²) in [5.74, 6) is 0.254. The number of rotatable bonds is 3. The van der Waals surface area contributed by atoms with E-state index in [1.165, 1.54) is 12.1 Å². The molecule has 168 valence electrons. The Morgan fingerprint density at radius 3 is 2.41 bits per heavy atom. The van der Waals surface area contributed by atoms with Crippen molar-refractivity contribution in [1.82, 2.24) is 14.8 Å². The zero-order valence-electron chi connectivity index (χ0n) is 17.8. The van der Waals surface area contributed by atoms with Crippen LogP contribution in [-0.2, 0) is 4.79 Å². The van der Waals surface area contributed by atoms with Gasteiger partial charge in [-0.25, -0.2) is 9.37 Å². The average Bonchev–Trinajstić information content (AvgIpc) is 3.54. The van der Waals surface area contributed by atoms with Gasteiger partial charge in [0.05, 0.1) is 10.6 Å². The Labute approximate surface area is 192 Å². The molecule has 2 aromatic rings. The summed E-state index contributed by atoms with van der Waals surface area (Å²) in [7, 11) is 0. The minimum absolute atomic E-state index is 0.00113. The van der Waals surface area contributed by atoms with Crippen LogP contribution in [0.15, 0.2) is 42.6 Å². The number of piperazine rings is 1. The minimum atomic E-state index is -0.663. The lowest BCUT2D eigenvalue weighted by Gasteiger charge is -2.37. The van der Waals surface area contributed by atoms with Crippen molar-refractivity contribution in [2.24, 2.45) is 11.3 Å². The maximum absolute atomic E-state index is 14.2. The Morgan fingerprint density at radius 2 is 1.72 bits per heavy atom. The minimum Gasteiger partial charge on any atom is -0.353 e. The van der Waals surface area contributed by atoms with Gasteiger partial charge in [-0.15, -0.1) is 0 Å². The van der Waals surface area contributed by atoms with Gasteiger partial charge in [0.2, 0.25) is 5.91 Å². The Balaban J connectivity index is 1.15. The first kappa shape index (κ1) is 21.2. The molecular formula is C24H26ClFN4O2. The van der Waals surface area contributed by atoms with E-state index >= 15 is 0 Å².